The number of hydrogen-bond donors (Lipinski definition) is 2. The molecule has 0 fully saturated rings. The Hall–Kier alpha value is -0.130. The summed E-state index contributed by atoms with van der Waals surface area (Å²) in [7, 11) is -3.08. The molecular formula is C7H17NO3S. The van der Waals surface area contributed by atoms with Gasteiger partial charge in [-0.25, -0.2) is 13.1 Å². The molecule has 74 valence electrons. The van der Waals surface area contributed by atoms with E-state index in [-0.39, 0.29) is 12.4 Å². The predicted molar refractivity (Wildman–Crippen MR) is 48.4 cm³/mol. The second kappa shape index (κ2) is 6.39. The Kier molecular flexibility index (Phi) is 6.32. The molecule has 0 radical (unpaired) electrons. The van der Waals surface area contributed by atoms with Crippen LogP contribution in [0.4, 0.5) is 0 Å². The van der Waals surface area contributed by atoms with Gasteiger partial charge >= 0.3 is 0 Å². The highest BCUT2D eigenvalue weighted by Gasteiger charge is 2.06. The van der Waals surface area contributed by atoms with E-state index in [2.05, 4.69) is 4.72 Å². The molecule has 0 amide bonds. The van der Waals surface area contributed by atoms with E-state index in [9.17, 15) is 8.42 Å². The minimum atomic E-state index is -3.08. The lowest BCUT2D eigenvalue weighted by Crippen LogP contribution is -2.27. The fourth-order valence-electron chi connectivity index (χ4n) is 0.713. The summed E-state index contributed by atoms with van der Waals surface area (Å²) in [6, 6.07) is 0. The first-order chi connectivity index (χ1) is 5.62. The molecule has 0 aromatic carbocycles. The third kappa shape index (κ3) is 6.57. The zero-order valence-electron chi connectivity index (χ0n) is 7.41. The van der Waals surface area contributed by atoms with Crippen LogP contribution in [0.15, 0.2) is 0 Å². The molecule has 0 saturated heterocycles. The molecule has 0 unspecified atom stereocenters. The number of hydrogen-bond acceptors (Lipinski definition) is 3. The van der Waals surface area contributed by atoms with Crippen LogP contribution in [0.5, 0.6) is 0 Å². The van der Waals surface area contributed by atoms with Crippen LogP contribution in [0.1, 0.15) is 26.2 Å². The zero-order valence-corrected chi connectivity index (χ0v) is 8.23. The summed E-state index contributed by atoms with van der Waals surface area (Å²) in [5.74, 6) is 0.189. The molecule has 0 rings (SSSR count). The molecule has 12 heavy (non-hydrogen) atoms. The number of aliphatic hydroxyl groups excluding tert-OH is 1. The Morgan fingerprint density at radius 1 is 1.33 bits per heavy atom. The van der Waals surface area contributed by atoms with Crippen molar-refractivity contribution in [2.24, 2.45) is 0 Å². The second-order valence-corrected chi connectivity index (χ2v) is 4.57. The van der Waals surface area contributed by atoms with Crippen molar-refractivity contribution in [2.75, 3.05) is 18.9 Å². The molecule has 0 aromatic heterocycles. The van der Waals surface area contributed by atoms with E-state index in [1.807, 2.05) is 6.92 Å². The Balaban J connectivity index is 3.58. The van der Waals surface area contributed by atoms with Crippen LogP contribution >= 0.6 is 0 Å². The second-order valence-electron chi connectivity index (χ2n) is 2.64. The normalized spacial score (nSPS) is 11.8. The van der Waals surface area contributed by atoms with E-state index in [0.717, 1.165) is 6.42 Å². The fourth-order valence-corrected chi connectivity index (χ4v) is 1.98. The summed E-state index contributed by atoms with van der Waals surface area (Å²) in [6.07, 6.45) is 2.04. The van der Waals surface area contributed by atoms with Crippen molar-refractivity contribution in [2.45, 2.75) is 26.2 Å². The van der Waals surface area contributed by atoms with E-state index in [1.165, 1.54) is 0 Å². The average Bonchev–Trinajstić information content (AvgIpc) is 2.01. The topological polar surface area (TPSA) is 66.4 Å². The van der Waals surface area contributed by atoms with Crippen LogP contribution in [0.25, 0.3) is 0 Å². The number of sulfonamides is 1. The largest absolute Gasteiger partial charge is 0.396 e. The SMILES string of the molecule is CCCCS(=O)(=O)NCCCO. The molecule has 0 saturated carbocycles. The minimum Gasteiger partial charge on any atom is -0.396 e. The number of aliphatic hydroxyl groups is 1. The molecule has 0 aromatic rings. The summed E-state index contributed by atoms with van der Waals surface area (Å²) < 4.78 is 24.5. The highest BCUT2D eigenvalue weighted by molar-refractivity contribution is 7.89. The van der Waals surface area contributed by atoms with Crippen LogP contribution in [0, 0.1) is 0 Å². The predicted octanol–water partition coefficient (Wildman–Crippen LogP) is 0.0883. The lowest BCUT2D eigenvalue weighted by molar-refractivity contribution is 0.289. The van der Waals surface area contributed by atoms with Gasteiger partial charge in [-0.2, -0.15) is 0 Å². The highest BCUT2D eigenvalue weighted by Crippen LogP contribution is 1.93. The van der Waals surface area contributed by atoms with Crippen molar-refractivity contribution in [3.05, 3.63) is 0 Å². The summed E-state index contributed by atoms with van der Waals surface area (Å²) in [5.41, 5.74) is 0. The van der Waals surface area contributed by atoms with Crippen LogP contribution in [0.3, 0.4) is 0 Å². The Morgan fingerprint density at radius 3 is 2.50 bits per heavy atom. The molecule has 0 heterocycles. The molecule has 0 bridgehead atoms. The van der Waals surface area contributed by atoms with Crippen LogP contribution in [0.2, 0.25) is 0 Å². The number of rotatable bonds is 7. The molecule has 0 aliphatic heterocycles. The van der Waals surface area contributed by atoms with Gasteiger partial charge in [0.15, 0.2) is 0 Å². The van der Waals surface area contributed by atoms with E-state index in [1.54, 1.807) is 0 Å². The first-order valence-corrected chi connectivity index (χ1v) is 5.86. The first kappa shape index (κ1) is 11.9. The first-order valence-electron chi connectivity index (χ1n) is 4.20. The zero-order chi connectivity index (χ0) is 9.45. The number of unbranched alkanes of at least 4 members (excludes halogenated alkanes) is 1. The molecule has 0 atom stereocenters. The van der Waals surface area contributed by atoms with E-state index in [0.29, 0.717) is 19.4 Å². The monoisotopic (exact) mass is 195 g/mol. The van der Waals surface area contributed by atoms with Gasteiger partial charge in [0.2, 0.25) is 10.0 Å². The number of nitrogens with one attached hydrogen (secondary N) is 1. The van der Waals surface area contributed by atoms with Gasteiger partial charge in [0, 0.05) is 13.2 Å². The quantitative estimate of drug-likeness (QED) is 0.566. The van der Waals surface area contributed by atoms with Gasteiger partial charge in [-0.3, -0.25) is 0 Å². The molecule has 5 heteroatoms. The van der Waals surface area contributed by atoms with Crippen molar-refractivity contribution in [1.29, 1.82) is 0 Å². The smallest absolute Gasteiger partial charge is 0.211 e. The lowest BCUT2D eigenvalue weighted by atomic mass is 10.4. The van der Waals surface area contributed by atoms with Crippen molar-refractivity contribution in [1.82, 2.24) is 4.72 Å². The van der Waals surface area contributed by atoms with Crippen molar-refractivity contribution >= 4 is 10.0 Å². The van der Waals surface area contributed by atoms with Crippen molar-refractivity contribution in [3.8, 4) is 0 Å². The van der Waals surface area contributed by atoms with Crippen molar-refractivity contribution in [3.63, 3.8) is 0 Å². The maximum atomic E-state index is 11.1. The standard InChI is InChI=1S/C7H17NO3S/c1-2-3-7-12(10,11)8-5-4-6-9/h8-9H,2-7H2,1H3. The summed E-state index contributed by atoms with van der Waals surface area (Å²) in [4.78, 5) is 0. The van der Waals surface area contributed by atoms with Crippen LogP contribution in [-0.2, 0) is 10.0 Å². The fraction of sp³-hybridized carbons (Fsp3) is 1.00. The highest BCUT2D eigenvalue weighted by atomic mass is 32.2. The van der Waals surface area contributed by atoms with Gasteiger partial charge in [0.1, 0.15) is 0 Å². The van der Waals surface area contributed by atoms with E-state index >= 15 is 0 Å². The molecule has 0 spiro atoms. The van der Waals surface area contributed by atoms with Gasteiger partial charge < -0.3 is 5.11 Å². The average molecular weight is 195 g/mol. The summed E-state index contributed by atoms with van der Waals surface area (Å²) >= 11 is 0. The van der Waals surface area contributed by atoms with Gasteiger partial charge in [0.05, 0.1) is 5.75 Å². The van der Waals surface area contributed by atoms with Gasteiger partial charge in [-0.05, 0) is 12.8 Å². The van der Waals surface area contributed by atoms with E-state index < -0.39 is 10.0 Å². The van der Waals surface area contributed by atoms with Crippen molar-refractivity contribution < 1.29 is 13.5 Å². The van der Waals surface area contributed by atoms with Crippen LogP contribution < -0.4 is 4.72 Å². The maximum Gasteiger partial charge on any atom is 0.211 e. The molecule has 4 nitrogen and oxygen atoms in total. The van der Waals surface area contributed by atoms with Crippen LogP contribution in [-0.4, -0.2) is 32.4 Å². The summed E-state index contributed by atoms with van der Waals surface area (Å²) in [5, 5.41) is 8.40. The van der Waals surface area contributed by atoms with E-state index in [4.69, 9.17) is 5.11 Å². The summed E-state index contributed by atoms with van der Waals surface area (Å²) in [6.45, 7) is 2.31. The van der Waals surface area contributed by atoms with Gasteiger partial charge in [-0.15, -0.1) is 0 Å². The lowest BCUT2D eigenvalue weighted by Gasteiger charge is -2.03. The molecule has 0 aliphatic rings. The van der Waals surface area contributed by atoms with Gasteiger partial charge in [-0.1, -0.05) is 13.3 Å². The molecule has 0 aliphatic carbocycles. The van der Waals surface area contributed by atoms with Gasteiger partial charge in [0.25, 0.3) is 0 Å². The Morgan fingerprint density at radius 2 is 2.00 bits per heavy atom. The Bertz CT molecular complexity index is 189. The molecule has 2 N–H and O–H groups in total. The molecular weight excluding hydrogens is 178 g/mol. The third-order valence-electron chi connectivity index (χ3n) is 1.42. The maximum absolute atomic E-state index is 11.1. The minimum absolute atomic E-state index is 0.0241. The third-order valence-corrected chi connectivity index (χ3v) is 2.89. The Labute approximate surface area is 74.0 Å².